The molecule has 4 nitrogen and oxygen atoms in total. The van der Waals surface area contributed by atoms with E-state index in [4.69, 9.17) is 0 Å². The van der Waals surface area contributed by atoms with Crippen molar-refractivity contribution in [1.29, 1.82) is 0 Å². The van der Waals surface area contributed by atoms with Crippen LogP contribution in [0.5, 0.6) is 0 Å². The fraction of sp³-hybridized carbons (Fsp3) is 1.00. The third-order valence-corrected chi connectivity index (χ3v) is 2.91. The second-order valence-corrected chi connectivity index (χ2v) is 3.42. The SMILES string of the molecule is C1CC2NNC2C2NNC12. The fourth-order valence-corrected chi connectivity index (χ4v) is 2.14. The maximum absolute atomic E-state index is 3.23. The smallest absolute Gasteiger partial charge is 0.0562 e. The zero-order valence-electron chi connectivity index (χ0n) is 5.72. The van der Waals surface area contributed by atoms with Crippen LogP contribution in [-0.2, 0) is 0 Å². The summed E-state index contributed by atoms with van der Waals surface area (Å²) in [4.78, 5) is 0. The number of hydrazine groups is 2. The molecule has 0 spiro atoms. The van der Waals surface area contributed by atoms with Crippen LogP contribution in [0.1, 0.15) is 12.8 Å². The molecular formula is C6H12N4. The first-order chi connectivity index (χ1) is 4.95. The Bertz CT molecular complexity index is 142. The number of hydrogen-bond acceptors (Lipinski definition) is 4. The number of rotatable bonds is 0. The third kappa shape index (κ3) is 0.509. The second kappa shape index (κ2) is 1.71. The maximum Gasteiger partial charge on any atom is 0.0562 e. The lowest BCUT2D eigenvalue weighted by Crippen LogP contribution is -2.85. The highest BCUT2D eigenvalue weighted by Crippen LogP contribution is 2.26. The first-order valence-corrected chi connectivity index (χ1v) is 3.97. The van der Waals surface area contributed by atoms with Gasteiger partial charge in [0.15, 0.2) is 0 Å². The minimum atomic E-state index is 0.681. The highest BCUT2D eigenvalue weighted by Gasteiger charge is 2.48. The molecule has 10 heavy (non-hydrogen) atoms. The van der Waals surface area contributed by atoms with Gasteiger partial charge in [-0.05, 0) is 12.8 Å². The molecule has 56 valence electrons. The van der Waals surface area contributed by atoms with Gasteiger partial charge in [-0.1, -0.05) is 0 Å². The minimum Gasteiger partial charge on any atom is -0.253 e. The summed E-state index contributed by atoms with van der Waals surface area (Å²) >= 11 is 0. The zero-order chi connectivity index (χ0) is 6.55. The van der Waals surface area contributed by atoms with Crippen molar-refractivity contribution >= 4 is 0 Å². The van der Waals surface area contributed by atoms with Crippen LogP contribution in [-0.4, -0.2) is 24.2 Å². The van der Waals surface area contributed by atoms with Crippen molar-refractivity contribution < 1.29 is 0 Å². The van der Waals surface area contributed by atoms with E-state index in [0.717, 1.165) is 12.1 Å². The summed E-state index contributed by atoms with van der Waals surface area (Å²) < 4.78 is 0. The van der Waals surface area contributed by atoms with Crippen molar-refractivity contribution in [3.63, 3.8) is 0 Å². The molecule has 0 bridgehead atoms. The molecule has 0 amide bonds. The van der Waals surface area contributed by atoms with E-state index in [1.165, 1.54) is 12.8 Å². The molecule has 3 fully saturated rings. The van der Waals surface area contributed by atoms with E-state index in [9.17, 15) is 0 Å². The monoisotopic (exact) mass is 140 g/mol. The van der Waals surface area contributed by atoms with Gasteiger partial charge in [-0.15, -0.1) is 0 Å². The maximum atomic E-state index is 3.23. The Hall–Kier alpha value is -0.160. The molecule has 4 N–H and O–H groups in total. The van der Waals surface area contributed by atoms with Crippen LogP contribution in [0.3, 0.4) is 0 Å². The molecule has 0 aromatic carbocycles. The lowest BCUT2D eigenvalue weighted by molar-refractivity contribution is 0.0195. The molecule has 0 aromatic rings. The van der Waals surface area contributed by atoms with Gasteiger partial charge in [0.1, 0.15) is 0 Å². The quantitative estimate of drug-likeness (QED) is 0.330. The molecule has 1 aliphatic carbocycles. The van der Waals surface area contributed by atoms with Crippen molar-refractivity contribution in [2.75, 3.05) is 0 Å². The largest absolute Gasteiger partial charge is 0.253 e. The van der Waals surface area contributed by atoms with Crippen LogP contribution in [0, 0.1) is 0 Å². The van der Waals surface area contributed by atoms with Gasteiger partial charge in [0.25, 0.3) is 0 Å². The van der Waals surface area contributed by atoms with Crippen LogP contribution >= 0.6 is 0 Å². The molecular weight excluding hydrogens is 128 g/mol. The van der Waals surface area contributed by atoms with E-state index >= 15 is 0 Å². The summed E-state index contributed by atoms with van der Waals surface area (Å²) in [5.74, 6) is 0. The van der Waals surface area contributed by atoms with E-state index in [-0.39, 0.29) is 0 Å². The topological polar surface area (TPSA) is 48.1 Å². The van der Waals surface area contributed by atoms with Crippen molar-refractivity contribution in [3.8, 4) is 0 Å². The van der Waals surface area contributed by atoms with Crippen molar-refractivity contribution in [1.82, 2.24) is 21.7 Å². The summed E-state index contributed by atoms with van der Waals surface area (Å²) in [6.45, 7) is 0. The molecule has 4 atom stereocenters. The molecule has 2 saturated heterocycles. The Morgan fingerprint density at radius 1 is 0.700 bits per heavy atom. The Morgan fingerprint density at radius 3 is 1.50 bits per heavy atom. The van der Waals surface area contributed by atoms with Crippen molar-refractivity contribution in [3.05, 3.63) is 0 Å². The zero-order valence-corrected chi connectivity index (χ0v) is 5.72. The molecule has 3 rings (SSSR count). The van der Waals surface area contributed by atoms with Gasteiger partial charge in [-0.3, -0.25) is 21.7 Å². The van der Waals surface area contributed by atoms with Gasteiger partial charge in [-0.25, -0.2) is 0 Å². The predicted octanol–water partition coefficient (Wildman–Crippen LogP) is -1.53. The molecule has 2 aliphatic heterocycles. The van der Waals surface area contributed by atoms with Crippen LogP contribution < -0.4 is 21.7 Å². The van der Waals surface area contributed by atoms with Gasteiger partial charge in [0.2, 0.25) is 0 Å². The molecule has 1 saturated carbocycles. The molecule has 0 aromatic heterocycles. The van der Waals surface area contributed by atoms with Crippen LogP contribution in [0.2, 0.25) is 0 Å². The van der Waals surface area contributed by atoms with E-state index in [1.807, 2.05) is 0 Å². The second-order valence-electron chi connectivity index (χ2n) is 3.42. The molecule has 3 aliphatic rings. The Kier molecular flexibility index (Phi) is 0.936. The number of nitrogens with one attached hydrogen (secondary N) is 4. The Labute approximate surface area is 59.7 Å². The normalized spacial score (nSPS) is 57.6. The summed E-state index contributed by atoms with van der Waals surface area (Å²) in [6.07, 6.45) is 2.63. The fourth-order valence-electron chi connectivity index (χ4n) is 2.14. The van der Waals surface area contributed by atoms with Gasteiger partial charge in [-0.2, -0.15) is 0 Å². The van der Waals surface area contributed by atoms with E-state index in [2.05, 4.69) is 21.7 Å². The van der Waals surface area contributed by atoms with Crippen LogP contribution in [0.4, 0.5) is 0 Å². The molecule has 2 heterocycles. The Morgan fingerprint density at radius 2 is 1.20 bits per heavy atom. The number of fused-ring (bicyclic) bond motifs is 3. The van der Waals surface area contributed by atoms with Gasteiger partial charge >= 0.3 is 0 Å². The average Bonchev–Trinajstić information content (AvgIpc) is 1.84. The van der Waals surface area contributed by atoms with Crippen molar-refractivity contribution in [2.24, 2.45) is 0 Å². The predicted molar refractivity (Wildman–Crippen MR) is 36.9 cm³/mol. The van der Waals surface area contributed by atoms with Gasteiger partial charge < -0.3 is 0 Å². The summed E-state index contributed by atoms with van der Waals surface area (Å²) in [6, 6.07) is 2.83. The van der Waals surface area contributed by atoms with E-state index in [1.54, 1.807) is 0 Å². The van der Waals surface area contributed by atoms with Crippen molar-refractivity contribution in [2.45, 2.75) is 37.0 Å². The summed E-state index contributed by atoms with van der Waals surface area (Å²) in [7, 11) is 0. The lowest BCUT2D eigenvalue weighted by atomic mass is 9.79. The first-order valence-electron chi connectivity index (χ1n) is 3.97. The Balaban J connectivity index is 1.78. The molecule has 0 radical (unpaired) electrons. The van der Waals surface area contributed by atoms with E-state index < -0.39 is 0 Å². The molecule has 4 heteroatoms. The van der Waals surface area contributed by atoms with Crippen LogP contribution in [0.25, 0.3) is 0 Å². The minimum absolute atomic E-state index is 0.681. The van der Waals surface area contributed by atoms with Gasteiger partial charge in [0.05, 0.1) is 12.1 Å². The molecule has 4 unspecified atom stereocenters. The van der Waals surface area contributed by atoms with Crippen LogP contribution in [0.15, 0.2) is 0 Å². The first kappa shape index (κ1) is 5.49. The highest BCUT2D eigenvalue weighted by atomic mass is 15.6. The van der Waals surface area contributed by atoms with Gasteiger partial charge in [0, 0.05) is 12.1 Å². The third-order valence-electron chi connectivity index (χ3n) is 2.91. The summed E-state index contributed by atoms with van der Waals surface area (Å²) in [5, 5.41) is 0. The number of hydrogen-bond donors (Lipinski definition) is 4. The average molecular weight is 140 g/mol. The standard InChI is InChI=1S/C6H12N4/c1-2-4-6(10-8-4)5-3(1)7-9-5/h3-10H,1-2H2. The highest BCUT2D eigenvalue weighted by molar-refractivity contribution is 5.09. The lowest BCUT2D eigenvalue weighted by Gasteiger charge is -2.56. The van der Waals surface area contributed by atoms with E-state index in [0.29, 0.717) is 12.1 Å². The summed E-state index contributed by atoms with van der Waals surface area (Å²) in [5.41, 5.74) is 12.9.